The molecule has 6 heteroatoms. The largest absolute Gasteiger partial charge is 0.317 e. The molecule has 0 saturated carbocycles. The van der Waals surface area contributed by atoms with Crippen LogP contribution in [0.1, 0.15) is 33.6 Å². The molecule has 2 heterocycles. The van der Waals surface area contributed by atoms with E-state index in [4.69, 9.17) is 0 Å². The number of aryl methyl sites for hydroxylation is 3. The number of imide groups is 1. The number of benzene rings is 2. The second kappa shape index (κ2) is 8.19. The number of carbonyl (C=O) groups excluding carboxylic acids is 2. The zero-order valence-electron chi connectivity index (χ0n) is 17.9. The molecule has 4 nitrogen and oxygen atoms in total. The Kier molecular flexibility index (Phi) is 5.58. The number of halogens is 1. The number of amides is 2. The summed E-state index contributed by atoms with van der Waals surface area (Å²) in [5, 5.41) is -0.316. The number of aromatic nitrogens is 1. The van der Waals surface area contributed by atoms with Crippen molar-refractivity contribution in [2.24, 2.45) is 0 Å². The normalized spacial score (nSPS) is 15.4. The Labute approximate surface area is 185 Å². The fraction of sp³-hybridized carbons (Fsp3) is 0.200. The van der Waals surface area contributed by atoms with Crippen molar-refractivity contribution in [2.75, 3.05) is 0 Å². The Bertz CT molecular complexity index is 1200. The summed E-state index contributed by atoms with van der Waals surface area (Å²) < 4.78 is 15.3. The van der Waals surface area contributed by atoms with Gasteiger partial charge in [0.1, 0.15) is 5.82 Å². The monoisotopic (exact) mass is 434 g/mol. The molecule has 0 N–H and O–H groups in total. The Morgan fingerprint density at radius 3 is 2.26 bits per heavy atom. The summed E-state index contributed by atoms with van der Waals surface area (Å²) in [6, 6.07) is 14.1. The van der Waals surface area contributed by atoms with Gasteiger partial charge < -0.3 is 4.57 Å². The average Bonchev–Trinajstić information content (AvgIpc) is 3.14. The van der Waals surface area contributed by atoms with Gasteiger partial charge in [-0.25, -0.2) is 4.39 Å². The summed E-state index contributed by atoms with van der Waals surface area (Å²) in [5.41, 5.74) is 7.18. The van der Waals surface area contributed by atoms with Crippen molar-refractivity contribution in [3.05, 3.63) is 92.9 Å². The highest BCUT2D eigenvalue weighted by Crippen LogP contribution is 2.35. The second-order valence-corrected chi connectivity index (χ2v) is 8.79. The van der Waals surface area contributed by atoms with Crippen molar-refractivity contribution >= 4 is 29.0 Å². The number of para-hydroxylation sites is 1. The van der Waals surface area contributed by atoms with E-state index in [1.165, 1.54) is 28.2 Å². The number of hydrogen-bond donors (Lipinski definition) is 0. The van der Waals surface area contributed by atoms with E-state index >= 15 is 0 Å². The van der Waals surface area contributed by atoms with Crippen molar-refractivity contribution in [3.63, 3.8) is 0 Å². The van der Waals surface area contributed by atoms with Crippen LogP contribution in [-0.4, -0.2) is 20.6 Å². The van der Waals surface area contributed by atoms with Crippen LogP contribution in [0.25, 0.3) is 11.8 Å². The Balaban J connectivity index is 1.66. The highest BCUT2D eigenvalue weighted by Gasteiger charge is 2.35. The molecule has 158 valence electrons. The highest BCUT2D eigenvalue weighted by molar-refractivity contribution is 8.18. The number of rotatable bonds is 4. The van der Waals surface area contributed by atoms with Crippen molar-refractivity contribution in [3.8, 4) is 5.69 Å². The minimum absolute atomic E-state index is 0.129. The zero-order valence-corrected chi connectivity index (χ0v) is 18.7. The van der Waals surface area contributed by atoms with Crippen molar-refractivity contribution in [1.29, 1.82) is 0 Å². The molecule has 1 aliphatic heterocycles. The van der Waals surface area contributed by atoms with E-state index in [9.17, 15) is 14.0 Å². The predicted molar refractivity (Wildman–Crippen MR) is 123 cm³/mol. The van der Waals surface area contributed by atoms with Crippen LogP contribution >= 0.6 is 11.8 Å². The van der Waals surface area contributed by atoms with Crippen LogP contribution in [0.4, 0.5) is 9.18 Å². The van der Waals surface area contributed by atoms with Gasteiger partial charge in [0.05, 0.1) is 17.1 Å². The average molecular weight is 435 g/mol. The third-order valence-corrected chi connectivity index (χ3v) is 6.45. The van der Waals surface area contributed by atoms with Gasteiger partial charge in [0.2, 0.25) is 0 Å². The lowest BCUT2D eigenvalue weighted by Gasteiger charge is -2.15. The summed E-state index contributed by atoms with van der Waals surface area (Å²) in [7, 11) is 0. The summed E-state index contributed by atoms with van der Waals surface area (Å²) in [4.78, 5) is 27.0. The fourth-order valence-corrected chi connectivity index (χ4v) is 4.82. The smallest absolute Gasteiger partial charge is 0.293 e. The van der Waals surface area contributed by atoms with Crippen molar-refractivity contribution < 1.29 is 14.0 Å². The molecule has 4 rings (SSSR count). The van der Waals surface area contributed by atoms with E-state index < -0.39 is 0 Å². The van der Waals surface area contributed by atoms with E-state index in [2.05, 4.69) is 30.5 Å². The maximum atomic E-state index is 13.1. The zero-order chi connectivity index (χ0) is 22.3. The summed E-state index contributed by atoms with van der Waals surface area (Å²) in [6.45, 7) is 8.36. The van der Waals surface area contributed by atoms with Gasteiger partial charge in [0.15, 0.2) is 0 Å². The van der Waals surface area contributed by atoms with Gasteiger partial charge in [0, 0.05) is 11.4 Å². The highest BCUT2D eigenvalue weighted by atomic mass is 32.2. The second-order valence-electron chi connectivity index (χ2n) is 7.80. The first-order valence-corrected chi connectivity index (χ1v) is 10.8. The summed E-state index contributed by atoms with van der Waals surface area (Å²) in [6.07, 6.45) is 1.79. The first-order chi connectivity index (χ1) is 14.8. The number of thioether (sulfide) groups is 1. The quantitative estimate of drug-likeness (QED) is 0.467. The lowest BCUT2D eigenvalue weighted by Crippen LogP contribution is -2.27. The van der Waals surface area contributed by atoms with Crippen LogP contribution in [0.3, 0.4) is 0 Å². The summed E-state index contributed by atoms with van der Waals surface area (Å²) in [5.74, 6) is -0.673. The van der Waals surface area contributed by atoms with E-state index in [0.717, 1.165) is 34.4 Å². The Hall–Kier alpha value is -3.12. The lowest BCUT2D eigenvalue weighted by molar-refractivity contribution is -0.123. The van der Waals surface area contributed by atoms with Gasteiger partial charge in [-0.15, -0.1) is 0 Å². The van der Waals surface area contributed by atoms with Crippen molar-refractivity contribution in [2.45, 2.75) is 34.2 Å². The van der Waals surface area contributed by atoms with Gasteiger partial charge in [-0.05, 0) is 86.0 Å². The Morgan fingerprint density at radius 1 is 0.968 bits per heavy atom. The van der Waals surface area contributed by atoms with Gasteiger partial charge in [-0.2, -0.15) is 0 Å². The van der Waals surface area contributed by atoms with Gasteiger partial charge in [0.25, 0.3) is 11.1 Å². The van der Waals surface area contributed by atoms with E-state index in [1.54, 1.807) is 18.2 Å². The minimum atomic E-state index is -0.350. The molecule has 0 aliphatic carbocycles. The van der Waals surface area contributed by atoms with Gasteiger partial charge in [-0.1, -0.05) is 30.3 Å². The van der Waals surface area contributed by atoms with Crippen LogP contribution in [0.2, 0.25) is 0 Å². The molecular weight excluding hydrogens is 411 g/mol. The van der Waals surface area contributed by atoms with Crippen LogP contribution < -0.4 is 0 Å². The number of nitrogens with zero attached hydrogens (tertiary/aromatic N) is 2. The van der Waals surface area contributed by atoms with Crippen LogP contribution in [-0.2, 0) is 11.3 Å². The molecule has 1 aliphatic rings. The molecule has 0 atom stereocenters. The summed E-state index contributed by atoms with van der Waals surface area (Å²) >= 11 is 0.940. The van der Waals surface area contributed by atoms with Gasteiger partial charge in [-0.3, -0.25) is 14.5 Å². The third kappa shape index (κ3) is 3.95. The number of carbonyl (C=O) groups is 2. The molecule has 2 aromatic carbocycles. The van der Waals surface area contributed by atoms with Crippen LogP contribution in [0, 0.1) is 33.5 Å². The maximum Gasteiger partial charge on any atom is 0.293 e. The molecule has 0 spiro atoms. The molecule has 0 unspecified atom stereocenters. The third-order valence-electron chi connectivity index (χ3n) is 5.55. The van der Waals surface area contributed by atoms with Gasteiger partial charge >= 0.3 is 0 Å². The standard InChI is InChI=1S/C25H23FN2O2S/c1-15-6-5-7-16(2)23(15)28-17(3)12-20(18(28)4)13-22-24(29)27(25(30)31-22)14-19-8-10-21(26)11-9-19/h5-13H,14H2,1-4H3/b22-13+. The molecule has 0 bridgehead atoms. The maximum absolute atomic E-state index is 13.1. The topological polar surface area (TPSA) is 42.3 Å². The minimum Gasteiger partial charge on any atom is -0.317 e. The molecular formula is C25H23FN2O2S. The molecule has 1 fully saturated rings. The predicted octanol–water partition coefficient (Wildman–Crippen LogP) is 6.09. The van der Waals surface area contributed by atoms with E-state index in [0.29, 0.717) is 10.5 Å². The molecule has 31 heavy (non-hydrogen) atoms. The van der Waals surface area contributed by atoms with E-state index in [1.807, 2.05) is 26.0 Å². The van der Waals surface area contributed by atoms with E-state index in [-0.39, 0.29) is 23.5 Å². The first kappa shape index (κ1) is 21.1. The Morgan fingerprint density at radius 2 is 1.61 bits per heavy atom. The molecule has 2 amide bonds. The molecule has 1 aromatic heterocycles. The first-order valence-electron chi connectivity index (χ1n) is 10.0. The van der Waals surface area contributed by atoms with Crippen LogP contribution in [0.15, 0.2) is 53.4 Å². The lowest BCUT2D eigenvalue weighted by atomic mass is 10.1. The molecule has 3 aromatic rings. The fourth-order valence-electron chi connectivity index (χ4n) is 3.99. The molecule has 0 radical (unpaired) electrons. The SMILES string of the molecule is Cc1cccc(C)c1-n1c(C)cc(/C=C2/SC(=O)N(Cc3ccc(F)cc3)C2=O)c1C. The molecule has 1 saturated heterocycles. The van der Waals surface area contributed by atoms with Crippen molar-refractivity contribution in [1.82, 2.24) is 9.47 Å². The number of hydrogen-bond acceptors (Lipinski definition) is 3. The van der Waals surface area contributed by atoms with Crippen LogP contribution in [0.5, 0.6) is 0 Å².